The van der Waals surface area contributed by atoms with E-state index in [4.69, 9.17) is 11.6 Å². The highest BCUT2D eigenvalue weighted by atomic mass is 35.5. The molecule has 22 heavy (non-hydrogen) atoms. The second-order valence-electron chi connectivity index (χ2n) is 6.17. The Labute approximate surface area is 135 Å². The number of hydrogen-bond acceptors (Lipinski definition) is 2. The van der Waals surface area contributed by atoms with Gasteiger partial charge in [-0.05, 0) is 49.4 Å². The number of halogens is 2. The first-order valence-corrected chi connectivity index (χ1v) is 8.06. The normalized spacial score (nSPS) is 30.1. The quantitative estimate of drug-likeness (QED) is 0.864. The highest BCUT2D eigenvalue weighted by Crippen LogP contribution is 2.36. The number of fused-ring (bicyclic) bond motifs is 3. The molecule has 118 valence electrons. The molecule has 4 atom stereocenters. The Morgan fingerprint density at radius 3 is 3.00 bits per heavy atom. The van der Waals surface area contributed by atoms with Crippen molar-refractivity contribution < 1.29 is 9.18 Å². The summed E-state index contributed by atoms with van der Waals surface area (Å²) in [5, 5.41) is 2.92. The third-order valence-corrected chi connectivity index (χ3v) is 5.20. The van der Waals surface area contributed by atoms with Gasteiger partial charge in [-0.2, -0.15) is 0 Å². The summed E-state index contributed by atoms with van der Waals surface area (Å²) in [6, 6.07) is 4.43. The number of hydrogen-bond donors (Lipinski definition) is 1. The van der Waals surface area contributed by atoms with E-state index < -0.39 is 5.82 Å². The second-order valence-corrected chi connectivity index (χ2v) is 6.58. The largest absolute Gasteiger partial charge is 0.350 e. The van der Waals surface area contributed by atoms with Crippen molar-refractivity contribution in [1.82, 2.24) is 10.2 Å². The molecule has 3 saturated heterocycles. The molecular formula is C17H20ClFN2O. The van der Waals surface area contributed by atoms with Gasteiger partial charge in [0.15, 0.2) is 0 Å². The van der Waals surface area contributed by atoms with Gasteiger partial charge in [0.1, 0.15) is 5.82 Å². The molecule has 1 aromatic rings. The molecule has 1 aromatic carbocycles. The molecule has 0 aliphatic carbocycles. The lowest BCUT2D eigenvalue weighted by Crippen LogP contribution is -2.56. The molecule has 2 bridgehead atoms. The first-order valence-electron chi connectivity index (χ1n) is 7.68. The van der Waals surface area contributed by atoms with Crippen LogP contribution in [-0.4, -0.2) is 36.5 Å². The summed E-state index contributed by atoms with van der Waals surface area (Å²) in [4.78, 5) is 14.6. The third-order valence-electron chi connectivity index (χ3n) is 4.91. The van der Waals surface area contributed by atoms with Crippen LogP contribution in [-0.2, 0) is 0 Å². The van der Waals surface area contributed by atoms with Crippen LogP contribution in [0.5, 0.6) is 0 Å². The number of carbonyl (C=O) groups is 1. The molecule has 3 fully saturated rings. The summed E-state index contributed by atoms with van der Waals surface area (Å²) in [6.07, 6.45) is 4.38. The van der Waals surface area contributed by atoms with E-state index in [1.165, 1.54) is 24.6 Å². The van der Waals surface area contributed by atoms with E-state index in [0.29, 0.717) is 30.0 Å². The lowest BCUT2D eigenvalue weighted by molar-refractivity contribution is 0.0195. The minimum atomic E-state index is -0.510. The molecule has 0 aromatic heterocycles. The van der Waals surface area contributed by atoms with Crippen molar-refractivity contribution in [1.29, 1.82) is 0 Å². The Kier molecular flexibility index (Phi) is 4.50. The smallest absolute Gasteiger partial charge is 0.251 e. The topological polar surface area (TPSA) is 32.3 Å². The maximum atomic E-state index is 13.1. The van der Waals surface area contributed by atoms with Crippen LogP contribution in [0.4, 0.5) is 4.39 Å². The van der Waals surface area contributed by atoms with Gasteiger partial charge in [-0.3, -0.25) is 9.69 Å². The molecule has 0 radical (unpaired) electrons. The Bertz CT molecular complexity index is 592. The van der Waals surface area contributed by atoms with Gasteiger partial charge in [-0.15, -0.1) is 6.58 Å². The van der Waals surface area contributed by atoms with E-state index in [1.54, 1.807) is 0 Å². The van der Waals surface area contributed by atoms with E-state index in [0.717, 1.165) is 19.5 Å². The van der Waals surface area contributed by atoms with Gasteiger partial charge in [-0.25, -0.2) is 4.39 Å². The number of piperidine rings is 3. The van der Waals surface area contributed by atoms with Gasteiger partial charge in [0, 0.05) is 24.7 Å². The highest BCUT2D eigenvalue weighted by molar-refractivity contribution is 6.31. The van der Waals surface area contributed by atoms with Crippen molar-refractivity contribution in [2.24, 2.45) is 11.8 Å². The lowest BCUT2D eigenvalue weighted by atomic mass is 9.75. The van der Waals surface area contributed by atoms with Crippen molar-refractivity contribution in [3.05, 3.63) is 47.3 Å². The number of nitrogens with one attached hydrogen (secondary N) is 1. The van der Waals surface area contributed by atoms with Crippen molar-refractivity contribution in [2.45, 2.75) is 18.9 Å². The van der Waals surface area contributed by atoms with Crippen LogP contribution in [0.15, 0.2) is 30.9 Å². The highest BCUT2D eigenvalue weighted by Gasteiger charge is 2.38. The van der Waals surface area contributed by atoms with Crippen LogP contribution in [0.2, 0.25) is 5.02 Å². The summed E-state index contributed by atoms with van der Waals surface area (Å²) < 4.78 is 13.1. The zero-order valence-electron chi connectivity index (χ0n) is 12.4. The monoisotopic (exact) mass is 322 g/mol. The van der Waals surface area contributed by atoms with Crippen molar-refractivity contribution in [3.63, 3.8) is 0 Å². The summed E-state index contributed by atoms with van der Waals surface area (Å²) in [5.41, 5.74) is 0.395. The fourth-order valence-corrected chi connectivity index (χ4v) is 3.79. The van der Waals surface area contributed by atoms with Crippen LogP contribution in [0.3, 0.4) is 0 Å². The lowest BCUT2D eigenvalue weighted by Gasteiger charge is -2.49. The molecule has 0 spiro atoms. The number of nitrogens with zero attached hydrogens (tertiary/aromatic N) is 1. The molecule has 1 amide bonds. The fraction of sp³-hybridized carbons (Fsp3) is 0.471. The Morgan fingerprint density at radius 2 is 2.36 bits per heavy atom. The molecule has 3 aliphatic heterocycles. The standard InChI is InChI=1S/C17H20ClFN2O/c1-2-11-10-21-6-5-12(11)7-14(21)9-20-17(22)13-3-4-16(19)15(18)8-13/h2-4,8,11-12,14H,1,5-7,9-10H2,(H,20,22). The molecule has 0 saturated carbocycles. The summed E-state index contributed by atoms with van der Waals surface area (Å²) in [6.45, 7) is 6.67. The van der Waals surface area contributed by atoms with Gasteiger partial charge in [-0.1, -0.05) is 17.7 Å². The van der Waals surface area contributed by atoms with Crippen LogP contribution in [0.25, 0.3) is 0 Å². The molecular weight excluding hydrogens is 303 g/mol. The number of amides is 1. The van der Waals surface area contributed by atoms with Crippen molar-refractivity contribution in [3.8, 4) is 0 Å². The first-order chi connectivity index (χ1) is 10.6. The molecule has 5 heteroatoms. The van der Waals surface area contributed by atoms with Gasteiger partial charge in [0.05, 0.1) is 5.02 Å². The first kappa shape index (κ1) is 15.5. The summed E-state index contributed by atoms with van der Waals surface area (Å²) in [5.74, 6) is 0.551. The minimum Gasteiger partial charge on any atom is -0.350 e. The molecule has 1 N–H and O–H groups in total. The van der Waals surface area contributed by atoms with Gasteiger partial charge in [0.25, 0.3) is 5.91 Å². The number of benzene rings is 1. The molecule has 3 aliphatic rings. The Hall–Kier alpha value is -1.39. The van der Waals surface area contributed by atoms with E-state index in [-0.39, 0.29) is 10.9 Å². The summed E-state index contributed by atoms with van der Waals surface area (Å²) >= 11 is 5.72. The van der Waals surface area contributed by atoms with Gasteiger partial charge < -0.3 is 5.32 Å². The third kappa shape index (κ3) is 3.03. The predicted octanol–water partition coefficient (Wildman–Crippen LogP) is 3.11. The van der Waals surface area contributed by atoms with E-state index in [1.807, 2.05) is 0 Å². The second kappa shape index (κ2) is 6.39. The molecule has 3 heterocycles. The van der Waals surface area contributed by atoms with Gasteiger partial charge in [0.2, 0.25) is 0 Å². The molecule has 4 unspecified atom stereocenters. The SMILES string of the molecule is C=CC1CN2CCC1CC2CNC(=O)c1ccc(F)c(Cl)c1. The minimum absolute atomic E-state index is 0.0260. The zero-order chi connectivity index (χ0) is 15.7. The van der Waals surface area contributed by atoms with Crippen LogP contribution < -0.4 is 5.32 Å². The molecule has 3 nitrogen and oxygen atoms in total. The average Bonchev–Trinajstić information content (AvgIpc) is 2.55. The van der Waals surface area contributed by atoms with E-state index >= 15 is 0 Å². The van der Waals surface area contributed by atoms with Crippen LogP contribution in [0, 0.1) is 17.7 Å². The maximum Gasteiger partial charge on any atom is 0.251 e. The maximum absolute atomic E-state index is 13.1. The molecule has 4 rings (SSSR count). The van der Waals surface area contributed by atoms with Gasteiger partial charge >= 0.3 is 0 Å². The number of carbonyl (C=O) groups excluding carboxylic acids is 1. The van der Waals surface area contributed by atoms with Crippen LogP contribution in [0.1, 0.15) is 23.2 Å². The van der Waals surface area contributed by atoms with Crippen molar-refractivity contribution >= 4 is 17.5 Å². The predicted molar refractivity (Wildman–Crippen MR) is 85.5 cm³/mol. The van der Waals surface area contributed by atoms with E-state index in [9.17, 15) is 9.18 Å². The summed E-state index contributed by atoms with van der Waals surface area (Å²) in [7, 11) is 0. The van der Waals surface area contributed by atoms with E-state index in [2.05, 4.69) is 22.9 Å². The Morgan fingerprint density at radius 1 is 1.55 bits per heavy atom. The average molecular weight is 323 g/mol. The van der Waals surface area contributed by atoms with Crippen LogP contribution >= 0.6 is 11.6 Å². The Balaban J connectivity index is 1.58. The van der Waals surface area contributed by atoms with Crippen molar-refractivity contribution in [2.75, 3.05) is 19.6 Å². The number of rotatable bonds is 4. The zero-order valence-corrected chi connectivity index (χ0v) is 13.2. The fourth-order valence-electron chi connectivity index (χ4n) is 3.61.